The highest BCUT2D eigenvalue weighted by Crippen LogP contribution is 2.29. The van der Waals surface area contributed by atoms with E-state index in [0.29, 0.717) is 12.2 Å². The number of nitrogens with zero attached hydrogens (tertiary/aromatic N) is 2. The fourth-order valence-electron chi connectivity index (χ4n) is 3.63. The normalized spacial score (nSPS) is 10.4. The van der Waals surface area contributed by atoms with Crippen molar-refractivity contribution in [1.82, 2.24) is 4.98 Å². The largest absolute Gasteiger partial charge is 0.494 e. The van der Waals surface area contributed by atoms with E-state index >= 15 is 0 Å². The first-order chi connectivity index (χ1) is 15.1. The van der Waals surface area contributed by atoms with Crippen LogP contribution in [-0.4, -0.2) is 11.6 Å². The predicted molar refractivity (Wildman–Crippen MR) is 124 cm³/mol. The van der Waals surface area contributed by atoms with Gasteiger partial charge in [0.25, 0.3) is 5.56 Å². The zero-order valence-electron chi connectivity index (χ0n) is 18.4. The molecule has 3 N–H and O–H groups in total. The number of aromatic amines is 1. The van der Waals surface area contributed by atoms with Gasteiger partial charge in [0.1, 0.15) is 34.8 Å². The van der Waals surface area contributed by atoms with Crippen LogP contribution < -0.4 is 16.0 Å². The molecule has 0 unspecified atom stereocenters. The molecule has 0 saturated carbocycles. The molecule has 0 amide bonds. The Hall–Kier alpha value is -3.25. The molecule has 0 saturated heterocycles. The Morgan fingerprint density at radius 1 is 0.871 bits per heavy atom. The summed E-state index contributed by atoms with van der Waals surface area (Å²) < 4.78 is 5.81. The molecule has 1 aromatic heterocycles. The molecular weight excluding hydrogens is 388 g/mol. The summed E-state index contributed by atoms with van der Waals surface area (Å²) in [6.45, 7) is 2.90. The van der Waals surface area contributed by atoms with Crippen LogP contribution in [0.2, 0.25) is 0 Å². The summed E-state index contributed by atoms with van der Waals surface area (Å²) in [5.74, 6) is 0.678. The molecule has 0 aliphatic rings. The number of hydrogen-bond donors (Lipinski definition) is 2. The van der Waals surface area contributed by atoms with E-state index in [1.54, 1.807) is 24.3 Å². The lowest BCUT2D eigenvalue weighted by molar-refractivity contribution is 0.304. The molecule has 1 heterocycles. The molecule has 2 rings (SSSR count). The number of aromatic nitrogens is 1. The van der Waals surface area contributed by atoms with Gasteiger partial charge in [-0.25, -0.2) is 0 Å². The van der Waals surface area contributed by atoms with Crippen molar-refractivity contribution in [3.63, 3.8) is 0 Å². The number of nitrogens with one attached hydrogen (secondary N) is 1. The third-order valence-electron chi connectivity index (χ3n) is 5.38. The number of H-pyrrole nitrogens is 1. The number of ether oxygens (including phenoxy) is 1. The third-order valence-corrected chi connectivity index (χ3v) is 5.38. The Balaban J connectivity index is 1.82. The van der Waals surface area contributed by atoms with Crippen LogP contribution >= 0.6 is 0 Å². The average molecular weight is 421 g/mol. The van der Waals surface area contributed by atoms with Crippen molar-refractivity contribution in [3.05, 3.63) is 45.7 Å². The molecule has 164 valence electrons. The van der Waals surface area contributed by atoms with E-state index in [9.17, 15) is 15.3 Å². The Morgan fingerprint density at radius 3 is 1.97 bits per heavy atom. The lowest BCUT2D eigenvalue weighted by Gasteiger charge is -2.10. The minimum Gasteiger partial charge on any atom is -0.494 e. The van der Waals surface area contributed by atoms with Gasteiger partial charge in [-0.05, 0) is 24.1 Å². The highest BCUT2D eigenvalue weighted by Gasteiger charge is 2.18. The van der Waals surface area contributed by atoms with E-state index < -0.39 is 5.56 Å². The lowest BCUT2D eigenvalue weighted by Crippen LogP contribution is -2.16. The van der Waals surface area contributed by atoms with Gasteiger partial charge in [0.15, 0.2) is 0 Å². The van der Waals surface area contributed by atoms with Crippen LogP contribution in [0.15, 0.2) is 29.1 Å². The smallest absolute Gasteiger partial charge is 0.268 e. The molecule has 31 heavy (non-hydrogen) atoms. The fraction of sp³-hybridized carbons (Fsp3) is 0.480. The summed E-state index contributed by atoms with van der Waals surface area (Å²) in [5.41, 5.74) is 5.97. The van der Waals surface area contributed by atoms with Gasteiger partial charge in [-0.15, -0.1) is 0 Å². The molecule has 0 aliphatic heterocycles. The van der Waals surface area contributed by atoms with Gasteiger partial charge in [0.05, 0.1) is 6.61 Å². The summed E-state index contributed by atoms with van der Waals surface area (Å²) in [6.07, 6.45) is 12.8. The monoisotopic (exact) mass is 420 g/mol. The first-order valence-electron chi connectivity index (χ1n) is 11.2. The molecule has 2 aromatic rings. The number of nitrogen functional groups attached to an aromatic ring is 1. The van der Waals surface area contributed by atoms with Gasteiger partial charge in [-0.1, -0.05) is 76.8 Å². The number of hydrogen-bond acceptors (Lipinski definition) is 5. The molecule has 0 spiro atoms. The van der Waals surface area contributed by atoms with Gasteiger partial charge in [-0.3, -0.25) is 4.79 Å². The molecule has 0 aliphatic carbocycles. The van der Waals surface area contributed by atoms with Gasteiger partial charge in [-0.2, -0.15) is 10.5 Å². The van der Waals surface area contributed by atoms with Crippen molar-refractivity contribution in [2.75, 3.05) is 12.3 Å². The van der Waals surface area contributed by atoms with Crippen molar-refractivity contribution in [2.24, 2.45) is 0 Å². The molecular formula is C25H32N4O2. The van der Waals surface area contributed by atoms with E-state index in [1.807, 2.05) is 12.1 Å². The first kappa shape index (κ1) is 24.0. The van der Waals surface area contributed by atoms with Crippen LogP contribution in [-0.2, 0) is 0 Å². The van der Waals surface area contributed by atoms with Gasteiger partial charge in [0, 0.05) is 5.56 Å². The topological polar surface area (TPSA) is 116 Å². The number of pyridine rings is 1. The highest BCUT2D eigenvalue weighted by molar-refractivity contribution is 5.80. The van der Waals surface area contributed by atoms with Crippen LogP contribution in [0.25, 0.3) is 11.1 Å². The first-order valence-corrected chi connectivity index (χ1v) is 11.2. The van der Waals surface area contributed by atoms with Crippen LogP contribution in [0.4, 0.5) is 5.82 Å². The SMILES string of the molecule is CCCCCCCCCCCCOc1ccc(-c2c(C#N)c(N)[nH]c(=O)c2C#N)cc1. The Morgan fingerprint density at radius 2 is 1.42 bits per heavy atom. The standard InChI is InChI=1S/C25H32N4O2/c1-2-3-4-5-6-7-8-9-10-11-16-31-20-14-12-19(13-15-20)23-21(17-26)24(28)29-25(30)22(23)18-27/h12-15H,2-11,16H2,1H3,(H3,28,29,30). The molecule has 0 bridgehead atoms. The van der Waals surface area contributed by atoms with E-state index in [-0.39, 0.29) is 22.5 Å². The maximum atomic E-state index is 12.0. The molecule has 0 atom stereocenters. The molecule has 0 fully saturated rings. The Labute approximate surface area is 184 Å². The Bertz CT molecular complexity index is 965. The van der Waals surface area contributed by atoms with Gasteiger partial charge >= 0.3 is 0 Å². The van der Waals surface area contributed by atoms with Crippen molar-refractivity contribution >= 4 is 5.82 Å². The minimum absolute atomic E-state index is 0.0391. The molecule has 1 aromatic carbocycles. The number of unbranched alkanes of at least 4 members (excludes halogenated alkanes) is 9. The van der Waals surface area contributed by atoms with Crippen molar-refractivity contribution in [2.45, 2.75) is 71.1 Å². The average Bonchev–Trinajstić information content (AvgIpc) is 2.77. The van der Waals surface area contributed by atoms with Crippen molar-refractivity contribution < 1.29 is 4.74 Å². The summed E-state index contributed by atoms with van der Waals surface area (Å²) in [5, 5.41) is 18.8. The van der Waals surface area contributed by atoms with E-state index in [4.69, 9.17) is 10.5 Å². The second kappa shape index (κ2) is 13.1. The van der Waals surface area contributed by atoms with Crippen LogP contribution in [0.5, 0.6) is 5.75 Å². The number of nitriles is 2. The van der Waals surface area contributed by atoms with E-state index in [1.165, 1.54) is 51.4 Å². The van der Waals surface area contributed by atoms with Crippen molar-refractivity contribution in [3.8, 4) is 29.0 Å². The van der Waals surface area contributed by atoms with Crippen LogP contribution in [0, 0.1) is 22.7 Å². The van der Waals surface area contributed by atoms with Gasteiger partial charge in [0.2, 0.25) is 0 Å². The summed E-state index contributed by atoms with van der Waals surface area (Å²) in [4.78, 5) is 14.4. The number of rotatable bonds is 13. The molecule has 6 heteroatoms. The highest BCUT2D eigenvalue weighted by atomic mass is 16.5. The summed E-state index contributed by atoms with van der Waals surface area (Å²) in [6, 6.07) is 10.9. The predicted octanol–water partition coefficient (Wildman–Crippen LogP) is 5.67. The zero-order valence-corrected chi connectivity index (χ0v) is 18.4. The van der Waals surface area contributed by atoms with Crippen LogP contribution in [0.3, 0.4) is 0 Å². The quantitative estimate of drug-likeness (QED) is 0.405. The maximum Gasteiger partial charge on any atom is 0.268 e. The van der Waals surface area contributed by atoms with Crippen LogP contribution in [0.1, 0.15) is 82.3 Å². The third kappa shape index (κ3) is 7.19. The lowest BCUT2D eigenvalue weighted by atomic mass is 9.96. The molecule has 0 radical (unpaired) electrons. The minimum atomic E-state index is -0.602. The maximum absolute atomic E-state index is 12.0. The van der Waals surface area contributed by atoms with E-state index in [2.05, 4.69) is 11.9 Å². The zero-order chi connectivity index (χ0) is 22.5. The fourth-order valence-corrected chi connectivity index (χ4v) is 3.63. The van der Waals surface area contributed by atoms with E-state index in [0.717, 1.165) is 18.6 Å². The Kier molecular flexibility index (Phi) is 10.2. The van der Waals surface area contributed by atoms with Crippen molar-refractivity contribution in [1.29, 1.82) is 10.5 Å². The number of nitrogens with two attached hydrogens (primary N) is 1. The second-order valence-corrected chi connectivity index (χ2v) is 7.77. The number of anilines is 1. The summed E-state index contributed by atoms with van der Waals surface area (Å²) in [7, 11) is 0. The molecule has 6 nitrogen and oxygen atoms in total. The summed E-state index contributed by atoms with van der Waals surface area (Å²) >= 11 is 0. The second-order valence-electron chi connectivity index (χ2n) is 7.77. The number of benzene rings is 1. The van der Waals surface area contributed by atoms with Gasteiger partial charge < -0.3 is 15.5 Å².